The second-order valence-corrected chi connectivity index (χ2v) is 4.51. The number of hydrogen-bond donors (Lipinski definition) is 2. The minimum absolute atomic E-state index is 0.0265. The number of rotatable bonds is 4. The Morgan fingerprint density at radius 3 is 2.87 bits per heavy atom. The highest BCUT2D eigenvalue weighted by Gasteiger charge is 2.05. The molecule has 3 nitrogen and oxygen atoms in total. The summed E-state index contributed by atoms with van der Waals surface area (Å²) in [7, 11) is 0. The quantitative estimate of drug-likeness (QED) is 0.509. The topological polar surface area (TPSA) is 55.1 Å². The minimum Gasteiger partial charge on any atom is -0.398 e. The lowest BCUT2D eigenvalue weighted by atomic mass is 10.2. The van der Waals surface area contributed by atoms with E-state index in [0.29, 0.717) is 11.3 Å². The van der Waals surface area contributed by atoms with E-state index in [1.807, 2.05) is 0 Å². The SMILES string of the molecule is CCCCNC(=O)c1ccc(N)c(I)c1. The molecule has 3 N–H and O–H groups in total. The van der Waals surface area contributed by atoms with Crippen molar-refractivity contribution < 1.29 is 4.79 Å². The third kappa shape index (κ3) is 3.70. The van der Waals surface area contributed by atoms with Crippen LogP contribution >= 0.6 is 22.6 Å². The highest BCUT2D eigenvalue weighted by molar-refractivity contribution is 14.1. The summed E-state index contributed by atoms with van der Waals surface area (Å²) in [6.45, 7) is 2.83. The van der Waals surface area contributed by atoms with Crippen LogP contribution < -0.4 is 11.1 Å². The molecule has 0 aliphatic heterocycles. The lowest BCUT2D eigenvalue weighted by Crippen LogP contribution is -2.24. The first-order chi connectivity index (χ1) is 7.15. The van der Waals surface area contributed by atoms with Crippen LogP contribution in [-0.4, -0.2) is 12.5 Å². The molecule has 15 heavy (non-hydrogen) atoms. The molecule has 0 bridgehead atoms. The zero-order valence-electron chi connectivity index (χ0n) is 8.72. The molecule has 0 saturated carbocycles. The van der Waals surface area contributed by atoms with Crippen molar-refractivity contribution in [1.29, 1.82) is 0 Å². The molecule has 1 aromatic rings. The monoisotopic (exact) mass is 318 g/mol. The van der Waals surface area contributed by atoms with E-state index in [1.54, 1.807) is 18.2 Å². The van der Waals surface area contributed by atoms with Crippen LogP contribution in [0.5, 0.6) is 0 Å². The Hall–Kier alpha value is -0.780. The number of amides is 1. The zero-order chi connectivity index (χ0) is 11.3. The molecule has 0 aliphatic rings. The molecule has 0 aromatic heterocycles. The van der Waals surface area contributed by atoms with Crippen LogP contribution in [0.3, 0.4) is 0 Å². The molecule has 0 saturated heterocycles. The molecule has 0 radical (unpaired) electrons. The predicted molar refractivity (Wildman–Crippen MR) is 70.8 cm³/mol. The van der Waals surface area contributed by atoms with Crippen LogP contribution in [0.2, 0.25) is 0 Å². The number of benzene rings is 1. The largest absolute Gasteiger partial charge is 0.398 e. The number of nitrogens with one attached hydrogen (secondary N) is 1. The van der Waals surface area contributed by atoms with Crippen LogP contribution in [0, 0.1) is 3.57 Å². The van der Waals surface area contributed by atoms with E-state index in [2.05, 4.69) is 34.8 Å². The van der Waals surface area contributed by atoms with Crippen LogP contribution in [0.15, 0.2) is 18.2 Å². The Labute approximate surface area is 104 Å². The maximum atomic E-state index is 11.6. The van der Waals surface area contributed by atoms with E-state index in [9.17, 15) is 4.79 Å². The van der Waals surface area contributed by atoms with Gasteiger partial charge in [-0.1, -0.05) is 13.3 Å². The molecule has 4 heteroatoms. The maximum absolute atomic E-state index is 11.6. The summed E-state index contributed by atoms with van der Waals surface area (Å²) in [6.07, 6.45) is 2.09. The summed E-state index contributed by atoms with van der Waals surface area (Å²) >= 11 is 2.12. The van der Waals surface area contributed by atoms with Gasteiger partial charge in [0, 0.05) is 21.4 Å². The molecule has 0 spiro atoms. The number of unbranched alkanes of at least 4 members (excludes halogenated alkanes) is 1. The van der Waals surface area contributed by atoms with Gasteiger partial charge in [0.15, 0.2) is 0 Å². The van der Waals surface area contributed by atoms with E-state index in [4.69, 9.17) is 5.73 Å². The van der Waals surface area contributed by atoms with Crippen molar-refractivity contribution in [2.75, 3.05) is 12.3 Å². The first-order valence-corrected chi connectivity index (χ1v) is 6.06. The van der Waals surface area contributed by atoms with Crippen molar-refractivity contribution in [1.82, 2.24) is 5.32 Å². The maximum Gasteiger partial charge on any atom is 0.251 e. The van der Waals surface area contributed by atoms with Gasteiger partial charge in [0.05, 0.1) is 0 Å². The molecule has 0 unspecified atom stereocenters. The molecule has 0 heterocycles. The van der Waals surface area contributed by atoms with Crippen LogP contribution in [-0.2, 0) is 0 Å². The van der Waals surface area contributed by atoms with Crippen molar-refractivity contribution >= 4 is 34.2 Å². The van der Waals surface area contributed by atoms with Gasteiger partial charge in [-0.3, -0.25) is 4.79 Å². The van der Waals surface area contributed by atoms with Gasteiger partial charge >= 0.3 is 0 Å². The molecular formula is C11H15IN2O. The van der Waals surface area contributed by atoms with Crippen LogP contribution in [0.4, 0.5) is 5.69 Å². The predicted octanol–water partition coefficient (Wildman–Crippen LogP) is 2.40. The number of halogens is 1. The van der Waals surface area contributed by atoms with E-state index >= 15 is 0 Å². The van der Waals surface area contributed by atoms with E-state index < -0.39 is 0 Å². The fourth-order valence-electron chi connectivity index (χ4n) is 1.15. The molecule has 0 fully saturated rings. The first kappa shape index (κ1) is 12.3. The van der Waals surface area contributed by atoms with Crippen molar-refractivity contribution in [2.45, 2.75) is 19.8 Å². The smallest absolute Gasteiger partial charge is 0.251 e. The van der Waals surface area contributed by atoms with Gasteiger partial charge in [-0.15, -0.1) is 0 Å². The molecule has 0 aliphatic carbocycles. The fourth-order valence-corrected chi connectivity index (χ4v) is 1.66. The number of nitrogen functional groups attached to an aromatic ring is 1. The second-order valence-electron chi connectivity index (χ2n) is 3.35. The zero-order valence-corrected chi connectivity index (χ0v) is 10.9. The van der Waals surface area contributed by atoms with Crippen molar-refractivity contribution in [3.8, 4) is 0 Å². The molecule has 0 atom stereocenters. The average molecular weight is 318 g/mol. The molecule has 1 amide bonds. The summed E-state index contributed by atoms with van der Waals surface area (Å²) in [4.78, 5) is 11.6. The third-order valence-electron chi connectivity index (χ3n) is 2.08. The van der Waals surface area contributed by atoms with E-state index in [-0.39, 0.29) is 5.91 Å². The van der Waals surface area contributed by atoms with E-state index in [0.717, 1.165) is 23.0 Å². The number of carbonyl (C=O) groups is 1. The van der Waals surface area contributed by atoms with Crippen LogP contribution in [0.1, 0.15) is 30.1 Å². The van der Waals surface area contributed by atoms with Crippen molar-refractivity contribution in [3.05, 3.63) is 27.3 Å². The highest BCUT2D eigenvalue weighted by Crippen LogP contribution is 2.16. The molecule has 1 rings (SSSR count). The second kappa shape index (κ2) is 5.95. The summed E-state index contributed by atoms with van der Waals surface area (Å²) in [5.74, 6) is -0.0265. The molecular weight excluding hydrogens is 303 g/mol. The Bertz CT molecular complexity index is 352. The summed E-state index contributed by atoms with van der Waals surface area (Å²) < 4.78 is 0.913. The van der Waals surface area contributed by atoms with E-state index in [1.165, 1.54) is 0 Å². The summed E-state index contributed by atoms with van der Waals surface area (Å²) in [5.41, 5.74) is 7.05. The fraction of sp³-hybridized carbons (Fsp3) is 0.364. The number of nitrogens with two attached hydrogens (primary N) is 1. The van der Waals surface area contributed by atoms with Gasteiger partial charge in [-0.25, -0.2) is 0 Å². The molecule has 82 valence electrons. The summed E-state index contributed by atoms with van der Waals surface area (Å²) in [5, 5.41) is 2.86. The lowest BCUT2D eigenvalue weighted by molar-refractivity contribution is 0.0953. The van der Waals surface area contributed by atoms with Gasteiger partial charge in [0.2, 0.25) is 0 Å². The van der Waals surface area contributed by atoms with Gasteiger partial charge in [0.25, 0.3) is 5.91 Å². The average Bonchev–Trinajstić information content (AvgIpc) is 2.22. The van der Waals surface area contributed by atoms with Gasteiger partial charge < -0.3 is 11.1 Å². The van der Waals surface area contributed by atoms with Gasteiger partial charge in [-0.05, 0) is 47.2 Å². The third-order valence-corrected chi connectivity index (χ3v) is 3.01. The van der Waals surface area contributed by atoms with Crippen molar-refractivity contribution in [3.63, 3.8) is 0 Å². The van der Waals surface area contributed by atoms with Crippen LogP contribution in [0.25, 0.3) is 0 Å². The minimum atomic E-state index is -0.0265. The lowest BCUT2D eigenvalue weighted by Gasteiger charge is -2.05. The first-order valence-electron chi connectivity index (χ1n) is 4.98. The number of carbonyl (C=O) groups excluding carboxylic acids is 1. The normalized spacial score (nSPS) is 10.0. The van der Waals surface area contributed by atoms with Gasteiger partial charge in [0.1, 0.15) is 0 Å². The Kier molecular flexibility index (Phi) is 4.87. The highest BCUT2D eigenvalue weighted by atomic mass is 127. The molecule has 1 aromatic carbocycles. The standard InChI is InChI=1S/C11H15IN2O/c1-2-3-6-14-11(15)8-4-5-10(13)9(12)7-8/h4-5,7H,2-3,6,13H2,1H3,(H,14,15). The Morgan fingerprint density at radius 2 is 2.27 bits per heavy atom. The Balaban J connectivity index is 2.62. The summed E-state index contributed by atoms with van der Waals surface area (Å²) in [6, 6.07) is 5.31. The number of anilines is 1. The number of hydrogen-bond acceptors (Lipinski definition) is 2. The van der Waals surface area contributed by atoms with Gasteiger partial charge in [-0.2, -0.15) is 0 Å². The van der Waals surface area contributed by atoms with Crippen molar-refractivity contribution in [2.24, 2.45) is 0 Å². The Morgan fingerprint density at radius 1 is 1.53 bits per heavy atom.